The third-order valence-electron chi connectivity index (χ3n) is 2.94. The number of hydrogen-bond donors (Lipinski definition) is 2. The second-order valence-corrected chi connectivity index (χ2v) is 6.99. The zero-order valence-corrected chi connectivity index (χ0v) is 13.4. The Balaban J connectivity index is 3.01. The number of rotatable bonds is 8. The summed E-state index contributed by atoms with van der Waals surface area (Å²) in [6.07, 6.45) is 0.625. The lowest BCUT2D eigenvalue weighted by Gasteiger charge is -2.11. The van der Waals surface area contributed by atoms with Crippen LogP contribution < -0.4 is 10.0 Å². The molecule has 120 valence electrons. The molecule has 0 radical (unpaired) electrons. The van der Waals surface area contributed by atoms with Gasteiger partial charge in [0.2, 0.25) is 10.0 Å². The summed E-state index contributed by atoms with van der Waals surface area (Å²) in [5.74, 6) is -2.18. The minimum atomic E-state index is -4.05. The van der Waals surface area contributed by atoms with E-state index < -0.39 is 26.6 Å². The van der Waals surface area contributed by atoms with Gasteiger partial charge in [0.05, 0.1) is 0 Å². The Morgan fingerprint density at radius 2 is 1.90 bits per heavy atom. The Kier molecular flexibility index (Phi) is 6.70. The number of sulfonamides is 1. The zero-order chi connectivity index (χ0) is 16.0. The van der Waals surface area contributed by atoms with Crippen molar-refractivity contribution in [2.75, 3.05) is 13.1 Å². The maximum absolute atomic E-state index is 13.8. The van der Waals surface area contributed by atoms with Crippen LogP contribution in [0.15, 0.2) is 17.0 Å². The topological polar surface area (TPSA) is 58.2 Å². The second kappa shape index (κ2) is 7.82. The average Bonchev–Trinajstić information content (AvgIpc) is 2.39. The fraction of sp³-hybridized carbons (Fsp3) is 0.571. The van der Waals surface area contributed by atoms with Gasteiger partial charge in [0.25, 0.3) is 0 Å². The lowest BCUT2D eigenvalue weighted by Crippen LogP contribution is -2.27. The van der Waals surface area contributed by atoms with Gasteiger partial charge in [-0.05, 0) is 36.6 Å². The summed E-state index contributed by atoms with van der Waals surface area (Å²) < 4.78 is 53.8. The van der Waals surface area contributed by atoms with Crippen LogP contribution in [0.4, 0.5) is 8.78 Å². The predicted octanol–water partition coefficient (Wildman–Crippen LogP) is 2.40. The average molecular weight is 320 g/mol. The van der Waals surface area contributed by atoms with Crippen molar-refractivity contribution in [3.05, 3.63) is 29.3 Å². The molecule has 1 aromatic rings. The van der Waals surface area contributed by atoms with Gasteiger partial charge in [-0.2, -0.15) is 0 Å². The number of nitrogens with one attached hydrogen (secondary N) is 2. The van der Waals surface area contributed by atoms with Gasteiger partial charge in [0.1, 0.15) is 4.90 Å². The van der Waals surface area contributed by atoms with Crippen LogP contribution in [0.3, 0.4) is 0 Å². The monoisotopic (exact) mass is 320 g/mol. The van der Waals surface area contributed by atoms with Gasteiger partial charge in [-0.1, -0.05) is 20.8 Å². The van der Waals surface area contributed by atoms with E-state index in [4.69, 9.17) is 0 Å². The Morgan fingerprint density at radius 3 is 2.48 bits per heavy atom. The fourth-order valence-electron chi connectivity index (χ4n) is 1.74. The summed E-state index contributed by atoms with van der Waals surface area (Å²) in [5, 5.41) is 2.94. The highest BCUT2D eigenvalue weighted by Crippen LogP contribution is 2.20. The third kappa shape index (κ3) is 5.33. The van der Waals surface area contributed by atoms with E-state index in [0.29, 0.717) is 24.4 Å². The van der Waals surface area contributed by atoms with E-state index in [1.165, 1.54) is 6.07 Å². The molecule has 21 heavy (non-hydrogen) atoms. The largest absolute Gasteiger partial charge is 0.313 e. The van der Waals surface area contributed by atoms with Crippen molar-refractivity contribution in [1.82, 2.24) is 10.0 Å². The molecular weight excluding hydrogens is 298 g/mol. The molecule has 0 atom stereocenters. The lowest BCUT2D eigenvalue weighted by atomic mass is 10.1. The summed E-state index contributed by atoms with van der Waals surface area (Å²) >= 11 is 0. The van der Waals surface area contributed by atoms with Crippen molar-refractivity contribution in [3.63, 3.8) is 0 Å². The summed E-state index contributed by atoms with van der Waals surface area (Å²) in [6.45, 7) is 6.89. The molecule has 4 nitrogen and oxygen atoms in total. The van der Waals surface area contributed by atoms with Gasteiger partial charge in [0, 0.05) is 13.1 Å². The minimum absolute atomic E-state index is 0.193. The molecule has 1 aromatic carbocycles. The van der Waals surface area contributed by atoms with Crippen LogP contribution in [0, 0.1) is 17.6 Å². The third-order valence-corrected chi connectivity index (χ3v) is 4.40. The molecule has 0 fully saturated rings. The Morgan fingerprint density at radius 1 is 1.24 bits per heavy atom. The summed E-state index contributed by atoms with van der Waals surface area (Å²) in [6, 6.07) is 2.17. The molecule has 0 aromatic heterocycles. The second-order valence-electron chi connectivity index (χ2n) is 5.25. The van der Waals surface area contributed by atoms with Crippen molar-refractivity contribution in [2.45, 2.75) is 38.6 Å². The van der Waals surface area contributed by atoms with Gasteiger partial charge in [0.15, 0.2) is 11.6 Å². The van der Waals surface area contributed by atoms with Crippen molar-refractivity contribution in [3.8, 4) is 0 Å². The molecule has 7 heteroatoms. The number of halogens is 2. The Labute approximate surface area is 125 Å². The molecule has 0 saturated carbocycles. The zero-order valence-electron chi connectivity index (χ0n) is 12.5. The lowest BCUT2D eigenvalue weighted by molar-refractivity contribution is 0.479. The SMILES string of the molecule is CCNCc1cc(F)c(F)c(S(=O)(=O)NCCC(C)C)c1. The molecule has 0 amide bonds. The number of benzene rings is 1. The first kappa shape index (κ1) is 18.0. The van der Waals surface area contributed by atoms with Gasteiger partial charge in [-0.15, -0.1) is 0 Å². The van der Waals surface area contributed by atoms with Crippen LogP contribution in [0.2, 0.25) is 0 Å². The van der Waals surface area contributed by atoms with Gasteiger partial charge in [-0.3, -0.25) is 0 Å². The van der Waals surface area contributed by atoms with E-state index in [2.05, 4.69) is 10.0 Å². The van der Waals surface area contributed by atoms with Gasteiger partial charge >= 0.3 is 0 Å². The quantitative estimate of drug-likeness (QED) is 0.773. The first-order chi connectivity index (χ1) is 9.77. The maximum atomic E-state index is 13.8. The molecule has 0 aliphatic carbocycles. The normalized spacial score (nSPS) is 12.1. The highest BCUT2D eigenvalue weighted by atomic mass is 32.2. The number of hydrogen-bond acceptors (Lipinski definition) is 3. The first-order valence-corrected chi connectivity index (χ1v) is 8.44. The van der Waals surface area contributed by atoms with Crippen molar-refractivity contribution in [2.24, 2.45) is 5.92 Å². The Bertz CT molecular complexity index is 575. The molecule has 0 bridgehead atoms. The fourth-order valence-corrected chi connectivity index (χ4v) is 2.93. The van der Waals surface area contributed by atoms with Crippen molar-refractivity contribution in [1.29, 1.82) is 0 Å². The minimum Gasteiger partial charge on any atom is -0.313 e. The molecule has 0 unspecified atom stereocenters. The van der Waals surface area contributed by atoms with E-state index in [1.807, 2.05) is 20.8 Å². The van der Waals surface area contributed by atoms with Crippen LogP contribution in [0.1, 0.15) is 32.8 Å². The summed E-state index contributed by atoms with van der Waals surface area (Å²) in [4.78, 5) is -0.640. The van der Waals surface area contributed by atoms with E-state index in [1.54, 1.807) is 0 Å². The van der Waals surface area contributed by atoms with Crippen LogP contribution in [0.25, 0.3) is 0 Å². The van der Waals surface area contributed by atoms with Gasteiger partial charge < -0.3 is 5.32 Å². The molecule has 0 spiro atoms. The molecule has 0 aliphatic rings. The molecule has 2 N–H and O–H groups in total. The molecule has 1 rings (SSSR count). The smallest absolute Gasteiger partial charge is 0.243 e. The van der Waals surface area contributed by atoms with Crippen molar-refractivity contribution < 1.29 is 17.2 Å². The first-order valence-electron chi connectivity index (χ1n) is 6.96. The molecular formula is C14H22F2N2O2S. The van der Waals surface area contributed by atoms with Crippen LogP contribution in [0.5, 0.6) is 0 Å². The highest BCUT2D eigenvalue weighted by Gasteiger charge is 2.22. The summed E-state index contributed by atoms with van der Waals surface area (Å²) in [7, 11) is -4.05. The van der Waals surface area contributed by atoms with Gasteiger partial charge in [-0.25, -0.2) is 21.9 Å². The van der Waals surface area contributed by atoms with E-state index in [9.17, 15) is 17.2 Å². The van der Waals surface area contributed by atoms with E-state index in [-0.39, 0.29) is 13.1 Å². The molecule has 0 aliphatic heterocycles. The van der Waals surface area contributed by atoms with Crippen LogP contribution in [-0.2, 0) is 16.6 Å². The molecule has 0 saturated heterocycles. The Hall–Kier alpha value is -1.05. The highest BCUT2D eigenvalue weighted by molar-refractivity contribution is 7.89. The summed E-state index contributed by atoms with van der Waals surface area (Å²) in [5.41, 5.74) is 0.389. The van der Waals surface area contributed by atoms with E-state index in [0.717, 1.165) is 6.07 Å². The predicted molar refractivity (Wildman–Crippen MR) is 78.4 cm³/mol. The van der Waals surface area contributed by atoms with Crippen LogP contribution >= 0.6 is 0 Å². The standard InChI is InChI=1S/C14H22F2N2O2S/c1-4-17-9-11-7-12(15)14(16)13(8-11)21(19,20)18-6-5-10(2)3/h7-8,10,17-18H,4-6,9H2,1-3H3. The maximum Gasteiger partial charge on any atom is 0.243 e. The van der Waals surface area contributed by atoms with E-state index >= 15 is 0 Å². The van der Waals surface area contributed by atoms with Crippen molar-refractivity contribution >= 4 is 10.0 Å². The molecule has 0 heterocycles. The van der Waals surface area contributed by atoms with Crippen LogP contribution in [-0.4, -0.2) is 21.5 Å².